The Kier molecular flexibility index (Phi) is 2.23. The van der Waals surface area contributed by atoms with Crippen molar-refractivity contribution in [3.63, 3.8) is 0 Å². The van der Waals surface area contributed by atoms with Crippen molar-refractivity contribution >= 4 is 21.9 Å². The number of furan rings is 1. The predicted octanol–water partition coefficient (Wildman–Crippen LogP) is 5.31. The smallest absolute Gasteiger partial charge is 0.213 e. The topological polar surface area (TPSA) is 17.0 Å². The SMILES string of the molecule is [2H]c1c(C([2H])([2H])[2H])c([2H])c(-c2ccc3oc4ccc(C)cc4c3c2C)[n+](C)c1C. The van der Waals surface area contributed by atoms with Crippen molar-refractivity contribution in [2.45, 2.75) is 27.6 Å². The number of aryl methyl sites for hydroxylation is 2. The van der Waals surface area contributed by atoms with E-state index in [1.807, 2.05) is 38.1 Å². The highest BCUT2D eigenvalue weighted by molar-refractivity contribution is 6.08. The minimum atomic E-state index is -2.53. The van der Waals surface area contributed by atoms with Gasteiger partial charge in [0.1, 0.15) is 18.2 Å². The van der Waals surface area contributed by atoms with Gasteiger partial charge in [0.2, 0.25) is 5.69 Å². The van der Waals surface area contributed by atoms with Crippen molar-refractivity contribution in [3.05, 3.63) is 64.8 Å². The van der Waals surface area contributed by atoms with Crippen molar-refractivity contribution < 1.29 is 15.8 Å². The number of aromatic nitrogens is 1. The molecule has 0 radical (unpaired) electrons. The first-order valence-electron chi connectivity index (χ1n) is 10.5. The summed E-state index contributed by atoms with van der Waals surface area (Å²) in [5, 5.41) is 1.96. The van der Waals surface area contributed by atoms with Crippen LogP contribution in [-0.4, -0.2) is 0 Å². The molecular formula is C22H22NO+. The average molecular weight is 321 g/mol. The molecule has 0 unspecified atom stereocenters. The molecule has 2 aromatic heterocycles. The zero-order valence-corrected chi connectivity index (χ0v) is 14.2. The maximum Gasteiger partial charge on any atom is 0.213 e. The second kappa shape index (κ2) is 5.20. The Morgan fingerprint density at radius 3 is 2.58 bits per heavy atom. The van der Waals surface area contributed by atoms with Crippen LogP contribution in [0.15, 0.2) is 46.8 Å². The third-order valence-corrected chi connectivity index (χ3v) is 4.69. The molecule has 0 aliphatic rings. The van der Waals surface area contributed by atoms with E-state index in [0.717, 1.165) is 38.6 Å². The standard InChI is InChI=1S/C22H22NO/c1-13-6-8-20-18(11-13)22-16(4)17(7-9-21(22)24-20)19-12-14(2)10-15(3)23(19)5/h6-12H,1-5H3/q+1/i2D3,10D,12D. The average Bonchev–Trinajstić information content (AvgIpc) is 2.99. The Bertz CT molecular complexity index is 1300. The quantitative estimate of drug-likeness (QED) is 0.434. The number of nitrogens with zero attached hydrogens (tertiary/aromatic N) is 1. The van der Waals surface area contributed by atoms with Crippen LogP contribution >= 0.6 is 0 Å². The van der Waals surface area contributed by atoms with Crippen molar-refractivity contribution in [1.82, 2.24) is 0 Å². The minimum Gasteiger partial charge on any atom is -0.456 e. The summed E-state index contributed by atoms with van der Waals surface area (Å²) in [6, 6.07) is 9.52. The van der Waals surface area contributed by atoms with E-state index in [4.69, 9.17) is 11.3 Å². The lowest BCUT2D eigenvalue weighted by molar-refractivity contribution is -0.666. The fourth-order valence-corrected chi connectivity index (χ4v) is 3.32. The van der Waals surface area contributed by atoms with Gasteiger partial charge in [0.15, 0.2) is 5.69 Å². The largest absolute Gasteiger partial charge is 0.456 e. The second-order valence-corrected chi connectivity index (χ2v) is 6.33. The monoisotopic (exact) mass is 321 g/mol. The molecule has 2 nitrogen and oxygen atoms in total. The summed E-state index contributed by atoms with van der Waals surface area (Å²) >= 11 is 0. The number of hydrogen-bond acceptors (Lipinski definition) is 1. The van der Waals surface area contributed by atoms with Gasteiger partial charge in [-0.25, -0.2) is 0 Å². The van der Waals surface area contributed by atoms with Crippen molar-refractivity contribution in [2.75, 3.05) is 0 Å². The van der Waals surface area contributed by atoms with Gasteiger partial charge in [-0.15, -0.1) is 0 Å². The van der Waals surface area contributed by atoms with E-state index >= 15 is 0 Å². The van der Waals surface area contributed by atoms with Crippen LogP contribution in [0.3, 0.4) is 0 Å². The van der Waals surface area contributed by atoms with Crippen LogP contribution in [0.5, 0.6) is 0 Å². The van der Waals surface area contributed by atoms with Gasteiger partial charge in [-0.3, -0.25) is 0 Å². The molecule has 0 amide bonds. The van der Waals surface area contributed by atoms with Crippen molar-refractivity contribution in [3.8, 4) is 11.3 Å². The molecule has 4 aromatic rings. The summed E-state index contributed by atoms with van der Waals surface area (Å²) in [4.78, 5) is 0. The third-order valence-electron chi connectivity index (χ3n) is 4.69. The van der Waals surface area contributed by atoms with E-state index in [0.29, 0.717) is 11.4 Å². The van der Waals surface area contributed by atoms with Crippen LogP contribution in [-0.2, 0) is 7.05 Å². The number of benzene rings is 2. The Morgan fingerprint density at radius 1 is 1.00 bits per heavy atom. The first kappa shape index (κ1) is 10.3. The molecule has 2 heteroatoms. The van der Waals surface area contributed by atoms with E-state index in [1.54, 1.807) is 18.5 Å². The highest BCUT2D eigenvalue weighted by atomic mass is 16.3. The Hall–Kier alpha value is -2.61. The molecule has 120 valence electrons. The number of hydrogen-bond donors (Lipinski definition) is 0. The molecule has 2 heterocycles. The molecule has 0 atom stereocenters. The molecule has 0 N–H and O–H groups in total. The zero-order valence-electron chi connectivity index (χ0n) is 19.2. The molecule has 4 rings (SSSR count). The maximum absolute atomic E-state index is 8.66. The van der Waals surface area contributed by atoms with Crippen LogP contribution < -0.4 is 4.57 Å². The van der Waals surface area contributed by atoms with Crippen LogP contribution in [0.2, 0.25) is 0 Å². The number of rotatable bonds is 1. The first-order chi connectivity index (χ1) is 13.5. The number of pyridine rings is 1. The van der Waals surface area contributed by atoms with Crippen LogP contribution in [0.1, 0.15) is 29.2 Å². The van der Waals surface area contributed by atoms with E-state index in [1.165, 1.54) is 0 Å². The van der Waals surface area contributed by atoms with Gasteiger partial charge >= 0.3 is 0 Å². The fraction of sp³-hybridized carbons (Fsp3) is 0.227. The summed E-state index contributed by atoms with van der Waals surface area (Å²) in [6.07, 6.45) is 0. The number of fused-ring (bicyclic) bond motifs is 3. The van der Waals surface area contributed by atoms with E-state index in [-0.39, 0.29) is 17.6 Å². The van der Waals surface area contributed by atoms with Gasteiger partial charge in [0.25, 0.3) is 0 Å². The molecule has 0 aliphatic carbocycles. The third kappa shape index (κ3) is 2.14. The Labute approximate surface area is 149 Å². The molecule has 2 aromatic carbocycles. The Balaban J connectivity index is 2.13. The Morgan fingerprint density at radius 2 is 1.79 bits per heavy atom. The van der Waals surface area contributed by atoms with Crippen LogP contribution in [0, 0.1) is 27.6 Å². The lowest BCUT2D eigenvalue weighted by atomic mass is 9.97. The molecule has 0 saturated carbocycles. The molecular weight excluding hydrogens is 294 g/mol. The molecule has 0 spiro atoms. The van der Waals surface area contributed by atoms with Crippen molar-refractivity contribution in [1.29, 1.82) is 0 Å². The summed E-state index contributed by atoms with van der Waals surface area (Å²) in [5.74, 6) is 0. The maximum atomic E-state index is 8.66. The highest BCUT2D eigenvalue weighted by Gasteiger charge is 2.19. The molecule has 0 bridgehead atoms. The first-order valence-corrected chi connectivity index (χ1v) is 7.95. The summed E-state index contributed by atoms with van der Waals surface area (Å²) in [7, 11) is 1.77. The van der Waals surface area contributed by atoms with Crippen LogP contribution in [0.25, 0.3) is 33.2 Å². The molecule has 0 saturated heterocycles. The minimum absolute atomic E-state index is 0.107. The zero-order chi connectivity index (χ0) is 21.2. The van der Waals surface area contributed by atoms with Crippen molar-refractivity contribution in [2.24, 2.45) is 7.05 Å². The molecule has 0 fully saturated rings. The predicted molar refractivity (Wildman–Crippen MR) is 99.3 cm³/mol. The van der Waals surface area contributed by atoms with Gasteiger partial charge in [0, 0.05) is 39.5 Å². The van der Waals surface area contributed by atoms with Gasteiger partial charge in [-0.2, -0.15) is 4.57 Å². The summed E-state index contributed by atoms with van der Waals surface area (Å²) < 4.78 is 48.2. The van der Waals surface area contributed by atoms with E-state index < -0.39 is 6.85 Å². The summed E-state index contributed by atoms with van der Waals surface area (Å²) in [6.45, 7) is 3.18. The molecule has 0 aliphatic heterocycles. The van der Waals surface area contributed by atoms with Gasteiger partial charge in [-0.05, 0) is 56.1 Å². The second-order valence-electron chi connectivity index (χ2n) is 6.33. The van der Waals surface area contributed by atoms with Crippen LogP contribution in [0.4, 0.5) is 0 Å². The normalized spacial score (nSPS) is 15.1. The molecule has 24 heavy (non-hydrogen) atoms. The highest BCUT2D eigenvalue weighted by Crippen LogP contribution is 2.36. The van der Waals surface area contributed by atoms with Gasteiger partial charge in [-0.1, -0.05) is 11.6 Å². The van der Waals surface area contributed by atoms with Gasteiger partial charge < -0.3 is 4.42 Å². The van der Waals surface area contributed by atoms with Gasteiger partial charge in [0.05, 0.1) is 2.74 Å². The van der Waals surface area contributed by atoms with E-state index in [9.17, 15) is 0 Å². The lowest BCUT2D eigenvalue weighted by Crippen LogP contribution is -2.35. The van der Waals surface area contributed by atoms with E-state index in [2.05, 4.69) is 6.07 Å². The fourth-order valence-electron chi connectivity index (χ4n) is 3.32. The lowest BCUT2D eigenvalue weighted by Gasteiger charge is -2.08. The summed E-state index contributed by atoms with van der Waals surface area (Å²) in [5.41, 5.74) is 5.15.